The second-order valence-corrected chi connectivity index (χ2v) is 6.73. The summed E-state index contributed by atoms with van der Waals surface area (Å²) >= 11 is 1.16. The fraction of sp³-hybridized carbons (Fsp3) is 0.412. The number of ether oxygens (including phenoxy) is 2. The van der Waals surface area contributed by atoms with E-state index in [0.29, 0.717) is 11.3 Å². The average molecular weight is 380 g/mol. The molecule has 9 heteroatoms. The molecule has 1 aromatic carbocycles. The topological polar surface area (TPSA) is 116 Å². The van der Waals surface area contributed by atoms with Gasteiger partial charge in [-0.25, -0.2) is 9.69 Å². The lowest BCUT2D eigenvalue weighted by Gasteiger charge is -2.16. The molecule has 0 saturated carbocycles. The molecule has 1 aliphatic heterocycles. The Hall–Kier alpha value is -2.39. The van der Waals surface area contributed by atoms with E-state index in [1.165, 1.54) is 31.4 Å². The van der Waals surface area contributed by atoms with Gasteiger partial charge in [0.15, 0.2) is 0 Å². The molecular formula is C17H20N2O6S. The number of carbonyl (C=O) groups excluding carboxylic acids is 4. The van der Waals surface area contributed by atoms with Gasteiger partial charge in [-0.2, -0.15) is 0 Å². The maximum absolute atomic E-state index is 12.5. The molecule has 140 valence electrons. The zero-order valence-corrected chi connectivity index (χ0v) is 15.3. The minimum absolute atomic E-state index is 0.0256. The van der Waals surface area contributed by atoms with Crippen molar-refractivity contribution in [2.45, 2.75) is 24.6 Å². The van der Waals surface area contributed by atoms with Gasteiger partial charge in [-0.1, -0.05) is 0 Å². The van der Waals surface area contributed by atoms with E-state index >= 15 is 0 Å². The molecule has 1 fully saturated rings. The maximum atomic E-state index is 12.5. The number of imide groups is 1. The maximum Gasteiger partial charge on any atom is 0.337 e. The van der Waals surface area contributed by atoms with Crippen LogP contribution in [0.15, 0.2) is 24.3 Å². The lowest BCUT2D eigenvalue weighted by atomic mass is 10.2. The Bertz CT molecular complexity index is 706. The third kappa shape index (κ3) is 4.41. The first-order valence-electron chi connectivity index (χ1n) is 7.98. The number of carbonyl (C=O) groups is 4. The number of hydrogen-bond donors (Lipinski definition) is 1. The van der Waals surface area contributed by atoms with E-state index in [9.17, 15) is 19.2 Å². The number of hydrogen-bond acceptors (Lipinski definition) is 8. The van der Waals surface area contributed by atoms with Crippen molar-refractivity contribution in [3.05, 3.63) is 29.8 Å². The van der Waals surface area contributed by atoms with Gasteiger partial charge >= 0.3 is 11.9 Å². The second-order valence-electron chi connectivity index (χ2n) is 5.49. The monoisotopic (exact) mass is 380 g/mol. The number of amides is 2. The van der Waals surface area contributed by atoms with Crippen molar-refractivity contribution in [3.8, 4) is 0 Å². The largest absolute Gasteiger partial charge is 0.465 e. The number of nitrogens with zero attached hydrogens (tertiary/aromatic N) is 1. The Labute approximate surface area is 155 Å². The minimum atomic E-state index is -0.851. The zero-order valence-electron chi connectivity index (χ0n) is 14.5. The molecule has 1 aromatic rings. The van der Waals surface area contributed by atoms with Crippen LogP contribution in [0.1, 0.15) is 23.7 Å². The van der Waals surface area contributed by atoms with Gasteiger partial charge in [0.25, 0.3) is 0 Å². The number of nitrogens with two attached hydrogens (primary N) is 1. The van der Waals surface area contributed by atoms with E-state index in [-0.39, 0.29) is 30.6 Å². The molecule has 0 aliphatic carbocycles. The van der Waals surface area contributed by atoms with Gasteiger partial charge in [0, 0.05) is 12.2 Å². The molecule has 8 nitrogen and oxygen atoms in total. The standard InChI is InChI=1S/C17H20N2O6S/c1-3-25-17(23)12(18)9-26-13-8-14(20)19(15(13)21)11-6-4-10(5-7-11)16(22)24-2/h4-7,12-13H,3,8-9,18H2,1-2H3/t12-,13+/m1/s1. The van der Waals surface area contributed by atoms with Crippen molar-refractivity contribution in [2.75, 3.05) is 24.4 Å². The van der Waals surface area contributed by atoms with E-state index in [1.54, 1.807) is 6.92 Å². The minimum Gasteiger partial charge on any atom is -0.465 e. The van der Waals surface area contributed by atoms with Crippen LogP contribution in [0, 0.1) is 0 Å². The van der Waals surface area contributed by atoms with Crippen LogP contribution in [0.3, 0.4) is 0 Å². The van der Waals surface area contributed by atoms with Gasteiger partial charge in [0.05, 0.1) is 30.2 Å². The van der Waals surface area contributed by atoms with Crippen molar-refractivity contribution in [1.29, 1.82) is 0 Å². The van der Waals surface area contributed by atoms with Gasteiger partial charge < -0.3 is 15.2 Å². The summed E-state index contributed by atoms with van der Waals surface area (Å²) in [5.74, 6) is -1.58. The van der Waals surface area contributed by atoms with E-state index < -0.39 is 23.2 Å². The van der Waals surface area contributed by atoms with Crippen LogP contribution in [0.2, 0.25) is 0 Å². The SMILES string of the molecule is CCOC(=O)[C@H](N)CS[C@H]1CC(=O)N(c2ccc(C(=O)OC)cc2)C1=O. The van der Waals surface area contributed by atoms with Crippen molar-refractivity contribution in [1.82, 2.24) is 0 Å². The summed E-state index contributed by atoms with van der Waals surface area (Å²) in [6.07, 6.45) is 0.0256. The number of methoxy groups -OCH3 is 1. The van der Waals surface area contributed by atoms with Gasteiger partial charge in [-0.05, 0) is 31.2 Å². The van der Waals surface area contributed by atoms with Crippen LogP contribution in [0.5, 0.6) is 0 Å². The van der Waals surface area contributed by atoms with Crippen LogP contribution < -0.4 is 10.6 Å². The number of thioether (sulfide) groups is 1. The van der Waals surface area contributed by atoms with Crippen molar-refractivity contribution in [3.63, 3.8) is 0 Å². The van der Waals surface area contributed by atoms with Crippen molar-refractivity contribution >= 4 is 41.2 Å². The summed E-state index contributed by atoms with van der Waals surface area (Å²) in [4.78, 5) is 48.8. The highest BCUT2D eigenvalue weighted by Gasteiger charge is 2.40. The third-order valence-electron chi connectivity index (χ3n) is 3.72. The highest BCUT2D eigenvalue weighted by molar-refractivity contribution is 8.00. The number of anilines is 1. The first kappa shape index (κ1) is 19.9. The van der Waals surface area contributed by atoms with Gasteiger partial charge in [-0.3, -0.25) is 14.4 Å². The van der Waals surface area contributed by atoms with Crippen LogP contribution in [0.4, 0.5) is 5.69 Å². The smallest absolute Gasteiger partial charge is 0.337 e. The molecule has 2 N–H and O–H groups in total. The van der Waals surface area contributed by atoms with Crippen molar-refractivity contribution < 1.29 is 28.7 Å². The van der Waals surface area contributed by atoms with Gasteiger partial charge in [0.2, 0.25) is 11.8 Å². The zero-order chi connectivity index (χ0) is 19.3. The summed E-state index contributed by atoms with van der Waals surface area (Å²) in [5, 5.41) is -0.608. The molecule has 2 atom stereocenters. The van der Waals surface area contributed by atoms with Crippen LogP contribution in [0.25, 0.3) is 0 Å². The summed E-state index contributed by atoms with van der Waals surface area (Å²) in [6.45, 7) is 1.91. The van der Waals surface area contributed by atoms with E-state index in [4.69, 9.17) is 10.5 Å². The molecule has 0 spiro atoms. The lowest BCUT2D eigenvalue weighted by Crippen LogP contribution is -2.36. The first-order chi connectivity index (χ1) is 12.4. The summed E-state index contributed by atoms with van der Waals surface area (Å²) in [7, 11) is 1.27. The molecule has 0 aromatic heterocycles. The molecule has 0 bridgehead atoms. The summed E-state index contributed by atoms with van der Waals surface area (Å²) < 4.78 is 9.43. The quantitative estimate of drug-likeness (QED) is 0.544. The van der Waals surface area contributed by atoms with E-state index in [2.05, 4.69) is 4.74 Å². The van der Waals surface area contributed by atoms with Gasteiger partial charge in [-0.15, -0.1) is 11.8 Å². The van der Waals surface area contributed by atoms with Crippen LogP contribution in [-0.2, 0) is 23.9 Å². The molecule has 0 radical (unpaired) electrons. The summed E-state index contributed by atoms with van der Waals surface area (Å²) in [5.41, 5.74) is 6.42. The van der Waals surface area contributed by atoms with Crippen LogP contribution >= 0.6 is 11.8 Å². The molecule has 1 aliphatic rings. The van der Waals surface area contributed by atoms with Gasteiger partial charge in [0.1, 0.15) is 6.04 Å². The molecule has 2 rings (SSSR count). The molecule has 0 unspecified atom stereocenters. The Morgan fingerprint density at radius 2 is 1.96 bits per heavy atom. The van der Waals surface area contributed by atoms with Crippen LogP contribution in [-0.4, -0.2) is 54.5 Å². The summed E-state index contributed by atoms with van der Waals surface area (Å²) in [6, 6.07) is 5.15. The Morgan fingerprint density at radius 1 is 1.31 bits per heavy atom. The molecular weight excluding hydrogens is 360 g/mol. The Morgan fingerprint density at radius 3 is 2.54 bits per heavy atom. The molecule has 26 heavy (non-hydrogen) atoms. The number of esters is 2. The highest BCUT2D eigenvalue weighted by Crippen LogP contribution is 2.30. The number of benzene rings is 1. The first-order valence-corrected chi connectivity index (χ1v) is 9.02. The molecule has 1 heterocycles. The third-order valence-corrected chi connectivity index (χ3v) is 5.04. The Balaban J connectivity index is 2.02. The normalized spacial score (nSPS) is 18.0. The fourth-order valence-corrected chi connectivity index (χ4v) is 3.49. The molecule has 1 saturated heterocycles. The number of rotatable bonds is 7. The predicted octanol–water partition coefficient (Wildman–Crippen LogP) is 0.729. The Kier molecular flexibility index (Phi) is 6.76. The van der Waals surface area contributed by atoms with E-state index in [1.807, 2.05) is 0 Å². The lowest BCUT2D eigenvalue weighted by molar-refractivity contribution is -0.144. The van der Waals surface area contributed by atoms with Crippen molar-refractivity contribution in [2.24, 2.45) is 5.73 Å². The van der Waals surface area contributed by atoms with E-state index in [0.717, 1.165) is 16.7 Å². The molecule has 2 amide bonds. The average Bonchev–Trinajstić information content (AvgIpc) is 2.92. The fourth-order valence-electron chi connectivity index (χ4n) is 2.41. The second kappa shape index (κ2) is 8.81. The highest BCUT2D eigenvalue weighted by atomic mass is 32.2. The predicted molar refractivity (Wildman–Crippen MR) is 95.7 cm³/mol.